The smallest absolute Gasteiger partial charge is 0.100 e. The summed E-state index contributed by atoms with van der Waals surface area (Å²) in [6, 6.07) is 10.2. The number of hydrogen-bond donors (Lipinski definition) is 0. The zero-order valence-corrected chi connectivity index (χ0v) is 8.45. The highest BCUT2D eigenvalue weighted by Crippen LogP contribution is 2.18. The van der Waals surface area contributed by atoms with Gasteiger partial charge in [0, 0.05) is 7.11 Å². The van der Waals surface area contributed by atoms with Crippen LogP contribution >= 0.6 is 0 Å². The first-order valence-electron chi connectivity index (χ1n) is 4.47. The van der Waals surface area contributed by atoms with Crippen molar-refractivity contribution in [3.05, 3.63) is 47.5 Å². The van der Waals surface area contributed by atoms with Gasteiger partial charge in [0.2, 0.25) is 0 Å². The fourth-order valence-electron chi connectivity index (χ4n) is 1.25. The highest BCUT2D eigenvalue weighted by atomic mass is 16.5. The molecule has 0 amide bonds. The number of rotatable bonds is 3. The highest BCUT2D eigenvalue weighted by Gasteiger charge is 2.04. The Morgan fingerprint density at radius 1 is 1.23 bits per heavy atom. The molecule has 0 heterocycles. The van der Waals surface area contributed by atoms with Crippen molar-refractivity contribution in [3.63, 3.8) is 0 Å². The number of hydrogen-bond acceptors (Lipinski definition) is 1. The second kappa shape index (κ2) is 4.83. The molecule has 0 N–H and O–H groups in total. The van der Waals surface area contributed by atoms with Crippen LogP contribution in [0.2, 0.25) is 0 Å². The molecule has 0 saturated heterocycles. The minimum Gasteiger partial charge on any atom is -0.373 e. The van der Waals surface area contributed by atoms with Crippen molar-refractivity contribution in [2.45, 2.75) is 20.0 Å². The van der Waals surface area contributed by atoms with Crippen LogP contribution in [0.1, 0.15) is 25.5 Å². The molecule has 0 saturated carbocycles. The van der Waals surface area contributed by atoms with Crippen LogP contribution in [0.4, 0.5) is 0 Å². The van der Waals surface area contributed by atoms with Gasteiger partial charge in [0.1, 0.15) is 6.10 Å². The van der Waals surface area contributed by atoms with Gasteiger partial charge in [0.25, 0.3) is 0 Å². The van der Waals surface area contributed by atoms with Crippen molar-refractivity contribution in [1.29, 1.82) is 0 Å². The first-order chi connectivity index (χ1) is 6.24. The Kier molecular flexibility index (Phi) is 3.71. The largest absolute Gasteiger partial charge is 0.373 e. The summed E-state index contributed by atoms with van der Waals surface area (Å²) in [6.45, 7) is 4.16. The van der Waals surface area contributed by atoms with E-state index in [0.717, 1.165) is 0 Å². The van der Waals surface area contributed by atoms with Gasteiger partial charge in [-0.3, -0.25) is 0 Å². The van der Waals surface area contributed by atoms with Crippen molar-refractivity contribution >= 4 is 0 Å². The predicted molar refractivity (Wildman–Crippen MR) is 55.6 cm³/mol. The van der Waals surface area contributed by atoms with Crippen LogP contribution in [0.3, 0.4) is 0 Å². The molecule has 1 nitrogen and oxygen atoms in total. The Bertz CT molecular complexity index is 270. The molecule has 0 aromatic heterocycles. The molecule has 1 unspecified atom stereocenters. The minimum absolute atomic E-state index is 0.0891. The lowest BCUT2D eigenvalue weighted by atomic mass is 10.1. The van der Waals surface area contributed by atoms with Crippen molar-refractivity contribution in [1.82, 2.24) is 0 Å². The number of methoxy groups -OCH3 is 1. The van der Waals surface area contributed by atoms with Crippen LogP contribution in [0.25, 0.3) is 0 Å². The first-order valence-corrected chi connectivity index (χ1v) is 4.47. The first kappa shape index (κ1) is 10.0. The van der Waals surface area contributed by atoms with Gasteiger partial charge in [-0.05, 0) is 19.4 Å². The molecule has 0 bridgehead atoms. The molecule has 0 spiro atoms. The molecule has 0 radical (unpaired) electrons. The Hall–Kier alpha value is -1.08. The van der Waals surface area contributed by atoms with E-state index in [1.807, 2.05) is 18.2 Å². The van der Waals surface area contributed by atoms with Crippen LogP contribution < -0.4 is 0 Å². The summed E-state index contributed by atoms with van der Waals surface area (Å²) in [5.41, 5.74) is 2.47. The van der Waals surface area contributed by atoms with E-state index >= 15 is 0 Å². The highest BCUT2D eigenvalue weighted by molar-refractivity contribution is 5.22. The van der Waals surface area contributed by atoms with Gasteiger partial charge in [-0.25, -0.2) is 0 Å². The van der Waals surface area contributed by atoms with E-state index in [-0.39, 0.29) is 6.10 Å². The third kappa shape index (κ3) is 3.03. The van der Waals surface area contributed by atoms with Gasteiger partial charge in [0.05, 0.1) is 0 Å². The van der Waals surface area contributed by atoms with Gasteiger partial charge >= 0.3 is 0 Å². The SMILES string of the molecule is COC(C=C(C)C)c1ccccc1. The lowest BCUT2D eigenvalue weighted by Crippen LogP contribution is -1.97. The van der Waals surface area contributed by atoms with Crippen LogP contribution in [0, 0.1) is 0 Å². The summed E-state index contributed by atoms with van der Waals surface area (Å²) in [5.74, 6) is 0. The van der Waals surface area contributed by atoms with Gasteiger partial charge < -0.3 is 4.74 Å². The second-order valence-corrected chi connectivity index (χ2v) is 3.31. The molecule has 1 aromatic rings. The average molecular weight is 176 g/mol. The lowest BCUT2D eigenvalue weighted by molar-refractivity contribution is 0.142. The van der Waals surface area contributed by atoms with E-state index in [1.54, 1.807) is 7.11 Å². The molecule has 13 heavy (non-hydrogen) atoms. The van der Waals surface area contributed by atoms with Gasteiger partial charge in [-0.15, -0.1) is 0 Å². The zero-order chi connectivity index (χ0) is 9.68. The van der Waals surface area contributed by atoms with Crippen LogP contribution in [-0.4, -0.2) is 7.11 Å². The van der Waals surface area contributed by atoms with E-state index in [2.05, 4.69) is 32.1 Å². The zero-order valence-electron chi connectivity index (χ0n) is 8.45. The fraction of sp³-hybridized carbons (Fsp3) is 0.333. The summed E-state index contributed by atoms with van der Waals surface area (Å²) in [6.07, 6.45) is 2.21. The van der Waals surface area contributed by atoms with Crippen molar-refractivity contribution in [2.75, 3.05) is 7.11 Å². The second-order valence-electron chi connectivity index (χ2n) is 3.31. The number of ether oxygens (including phenoxy) is 1. The molecule has 0 aliphatic rings. The van der Waals surface area contributed by atoms with E-state index < -0.39 is 0 Å². The van der Waals surface area contributed by atoms with Crippen LogP contribution in [-0.2, 0) is 4.74 Å². The van der Waals surface area contributed by atoms with Crippen molar-refractivity contribution < 1.29 is 4.74 Å². The number of allylic oxidation sites excluding steroid dienone is 1. The molecular weight excluding hydrogens is 160 g/mol. The summed E-state index contributed by atoms with van der Waals surface area (Å²) in [7, 11) is 1.73. The van der Waals surface area contributed by atoms with Gasteiger partial charge in [0.15, 0.2) is 0 Å². The third-order valence-electron chi connectivity index (χ3n) is 1.87. The van der Waals surface area contributed by atoms with Crippen molar-refractivity contribution in [3.8, 4) is 0 Å². The summed E-state index contributed by atoms with van der Waals surface area (Å²) in [4.78, 5) is 0. The quantitative estimate of drug-likeness (QED) is 0.642. The standard InChI is InChI=1S/C12H16O/c1-10(2)9-12(13-3)11-7-5-4-6-8-11/h4-9,12H,1-3H3. The maximum absolute atomic E-state index is 5.37. The van der Waals surface area contributed by atoms with Crippen LogP contribution in [0.15, 0.2) is 42.0 Å². The number of benzene rings is 1. The third-order valence-corrected chi connectivity index (χ3v) is 1.87. The Balaban J connectivity index is 2.85. The van der Waals surface area contributed by atoms with E-state index in [9.17, 15) is 0 Å². The summed E-state index contributed by atoms with van der Waals surface area (Å²) < 4.78 is 5.37. The minimum atomic E-state index is 0.0891. The maximum Gasteiger partial charge on any atom is 0.100 e. The molecular formula is C12H16O. The predicted octanol–water partition coefficient (Wildman–Crippen LogP) is 3.34. The maximum atomic E-state index is 5.37. The van der Waals surface area contributed by atoms with Gasteiger partial charge in [-0.2, -0.15) is 0 Å². The topological polar surface area (TPSA) is 9.23 Å². The monoisotopic (exact) mass is 176 g/mol. The summed E-state index contributed by atoms with van der Waals surface area (Å²) >= 11 is 0. The molecule has 1 heteroatoms. The fourth-order valence-corrected chi connectivity index (χ4v) is 1.25. The summed E-state index contributed by atoms with van der Waals surface area (Å²) in [5, 5.41) is 0. The molecule has 1 atom stereocenters. The normalized spacial score (nSPS) is 12.2. The van der Waals surface area contributed by atoms with E-state index in [1.165, 1.54) is 11.1 Å². The molecule has 1 rings (SSSR count). The molecule has 0 fully saturated rings. The van der Waals surface area contributed by atoms with Crippen molar-refractivity contribution in [2.24, 2.45) is 0 Å². The van der Waals surface area contributed by atoms with Gasteiger partial charge in [-0.1, -0.05) is 42.0 Å². The Labute approximate surface area is 80.0 Å². The van der Waals surface area contributed by atoms with Crippen LogP contribution in [0.5, 0.6) is 0 Å². The molecule has 1 aromatic carbocycles. The lowest BCUT2D eigenvalue weighted by Gasteiger charge is -2.11. The average Bonchev–Trinajstić information content (AvgIpc) is 2.15. The molecule has 70 valence electrons. The Morgan fingerprint density at radius 3 is 2.31 bits per heavy atom. The van der Waals surface area contributed by atoms with E-state index in [4.69, 9.17) is 4.74 Å². The molecule has 0 aliphatic carbocycles. The van der Waals surface area contributed by atoms with E-state index in [0.29, 0.717) is 0 Å². The Morgan fingerprint density at radius 2 is 1.85 bits per heavy atom. The molecule has 0 aliphatic heterocycles.